The molecule has 0 unspecified atom stereocenters. The molecule has 0 aliphatic rings. The molecule has 2 N–H and O–H groups in total. The molecule has 0 heterocycles. The largest absolute Gasteiger partial charge is 0.481 e. The Morgan fingerprint density at radius 2 is 2.11 bits per heavy atom. The number of esters is 1. The molecule has 1 rings (SSSR count). The van der Waals surface area contributed by atoms with Crippen LogP contribution in [0.4, 0.5) is 5.69 Å². The maximum atomic E-state index is 11.4. The first-order valence-corrected chi connectivity index (χ1v) is 5.67. The molecule has 5 nitrogen and oxygen atoms in total. The van der Waals surface area contributed by atoms with E-state index in [1.165, 1.54) is 13.2 Å². The van der Waals surface area contributed by atoms with Gasteiger partial charge < -0.3 is 15.2 Å². The van der Waals surface area contributed by atoms with Gasteiger partial charge in [-0.05, 0) is 24.6 Å². The van der Waals surface area contributed by atoms with Gasteiger partial charge in [-0.15, -0.1) is 0 Å². The number of nitrogens with one attached hydrogen (secondary N) is 1. The number of carbonyl (C=O) groups excluding carboxylic acids is 1. The summed E-state index contributed by atoms with van der Waals surface area (Å²) < 4.78 is 4.61. The number of anilines is 1. The van der Waals surface area contributed by atoms with Crippen molar-refractivity contribution in [2.45, 2.75) is 13.3 Å². The van der Waals surface area contributed by atoms with E-state index in [-0.39, 0.29) is 13.0 Å². The Bertz CT molecular complexity index is 473. The van der Waals surface area contributed by atoms with Gasteiger partial charge in [-0.2, -0.15) is 0 Å². The minimum atomic E-state index is -0.893. The van der Waals surface area contributed by atoms with Gasteiger partial charge in [-0.25, -0.2) is 4.79 Å². The SMILES string of the molecule is COC(=O)c1cc(Cl)c(C)c(NCCC(=O)O)c1. The number of hydrogen-bond acceptors (Lipinski definition) is 4. The van der Waals surface area contributed by atoms with E-state index in [0.717, 1.165) is 5.56 Å². The molecule has 0 radical (unpaired) electrons. The molecule has 0 spiro atoms. The van der Waals surface area contributed by atoms with E-state index in [1.807, 2.05) is 0 Å². The van der Waals surface area contributed by atoms with Gasteiger partial charge in [0, 0.05) is 17.3 Å². The van der Waals surface area contributed by atoms with Crippen LogP contribution in [0, 0.1) is 6.92 Å². The Kier molecular flexibility index (Phi) is 4.97. The first kappa shape index (κ1) is 14.3. The fourth-order valence-electron chi connectivity index (χ4n) is 1.40. The lowest BCUT2D eigenvalue weighted by molar-refractivity contribution is -0.136. The molecule has 0 bridgehead atoms. The predicted molar refractivity (Wildman–Crippen MR) is 68.3 cm³/mol. The third-order valence-corrected chi connectivity index (χ3v) is 2.81. The van der Waals surface area contributed by atoms with Crippen LogP contribution in [0.15, 0.2) is 12.1 Å². The maximum Gasteiger partial charge on any atom is 0.337 e. The first-order valence-electron chi connectivity index (χ1n) is 5.30. The number of carboxylic acid groups (broad SMARTS) is 1. The van der Waals surface area contributed by atoms with Crippen LogP contribution in [0.25, 0.3) is 0 Å². The van der Waals surface area contributed by atoms with E-state index in [2.05, 4.69) is 10.1 Å². The smallest absolute Gasteiger partial charge is 0.337 e. The van der Waals surface area contributed by atoms with Gasteiger partial charge in [0.1, 0.15) is 0 Å². The van der Waals surface area contributed by atoms with Crippen LogP contribution in [-0.4, -0.2) is 30.7 Å². The van der Waals surface area contributed by atoms with E-state index < -0.39 is 11.9 Å². The van der Waals surface area contributed by atoms with Crippen molar-refractivity contribution in [1.29, 1.82) is 0 Å². The van der Waals surface area contributed by atoms with Gasteiger partial charge in [-0.3, -0.25) is 4.79 Å². The van der Waals surface area contributed by atoms with Crippen LogP contribution in [0.2, 0.25) is 5.02 Å². The first-order chi connectivity index (χ1) is 8.45. The van der Waals surface area contributed by atoms with Gasteiger partial charge in [-0.1, -0.05) is 11.6 Å². The monoisotopic (exact) mass is 271 g/mol. The second kappa shape index (κ2) is 6.26. The van der Waals surface area contributed by atoms with Crippen molar-refractivity contribution in [3.05, 3.63) is 28.3 Å². The average molecular weight is 272 g/mol. The van der Waals surface area contributed by atoms with Gasteiger partial charge in [0.25, 0.3) is 0 Å². The summed E-state index contributed by atoms with van der Waals surface area (Å²) in [5.74, 6) is -1.38. The minimum Gasteiger partial charge on any atom is -0.481 e. The van der Waals surface area contributed by atoms with Gasteiger partial charge in [0.2, 0.25) is 0 Å². The summed E-state index contributed by atoms with van der Waals surface area (Å²) in [6, 6.07) is 3.11. The quantitative estimate of drug-likeness (QED) is 0.804. The molecule has 18 heavy (non-hydrogen) atoms. The lowest BCUT2D eigenvalue weighted by atomic mass is 10.1. The summed E-state index contributed by atoms with van der Waals surface area (Å²) in [5, 5.41) is 11.9. The zero-order valence-corrected chi connectivity index (χ0v) is 10.9. The molecule has 0 aliphatic carbocycles. The van der Waals surface area contributed by atoms with Crippen LogP contribution in [0.3, 0.4) is 0 Å². The summed E-state index contributed by atoms with van der Waals surface area (Å²) in [6.45, 7) is 2.05. The van der Waals surface area contributed by atoms with Gasteiger partial charge in [0.15, 0.2) is 0 Å². The number of ether oxygens (including phenoxy) is 1. The van der Waals surface area contributed by atoms with Crippen LogP contribution >= 0.6 is 11.6 Å². The fraction of sp³-hybridized carbons (Fsp3) is 0.333. The van der Waals surface area contributed by atoms with Crippen molar-refractivity contribution in [2.75, 3.05) is 19.0 Å². The number of carboxylic acids is 1. The standard InChI is InChI=1S/C12H14ClNO4/c1-7-9(13)5-8(12(17)18-2)6-10(7)14-4-3-11(15)16/h5-6,14H,3-4H2,1-2H3,(H,15,16). The zero-order valence-electron chi connectivity index (χ0n) is 10.1. The normalized spacial score (nSPS) is 9.94. The van der Waals surface area contributed by atoms with Crippen LogP contribution in [0.5, 0.6) is 0 Å². The van der Waals surface area contributed by atoms with E-state index >= 15 is 0 Å². The Balaban J connectivity index is 2.92. The number of rotatable bonds is 5. The van der Waals surface area contributed by atoms with Gasteiger partial charge in [0.05, 0.1) is 19.1 Å². The van der Waals surface area contributed by atoms with Crippen LogP contribution in [-0.2, 0) is 9.53 Å². The zero-order chi connectivity index (χ0) is 13.7. The van der Waals surface area contributed by atoms with Crippen molar-refractivity contribution in [3.8, 4) is 0 Å². The van der Waals surface area contributed by atoms with E-state index in [1.54, 1.807) is 13.0 Å². The highest BCUT2D eigenvalue weighted by molar-refractivity contribution is 6.32. The third-order valence-electron chi connectivity index (χ3n) is 2.42. The van der Waals surface area contributed by atoms with E-state index in [9.17, 15) is 9.59 Å². The topological polar surface area (TPSA) is 75.6 Å². The molecule has 0 aliphatic heterocycles. The van der Waals surface area contributed by atoms with Gasteiger partial charge >= 0.3 is 11.9 Å². The summed E-state index contributed by atoms with van der Waals surface area (Å²) >= 11 is 6.00. The van der Waals surface area contributed by atoms with Crippen molar-refractivity contribution < 1.29 is 19.4 Å². The number of methoxy groups -OCH3 is 1. The van der Waals surface area contributed by atoms with Crippen molar-refractivity contribution >= 4 is 29.2 Å². The molecule has 0 saturated heterocycles. The number of halogens is 1. The van der Waals surface area contributed by atoms with E-state index in [4.69, 9.17) is 16.7 Å². The molecule has 0 fully saturated rings. The lowest BCUT2D eigenvalue weighted by Crippen LogP contribution is -2.10. The van der Waals surface area contributed by atoms with Crippen molar-refractivity contribution in [1.82, 2.24) is 0 Å². The van der Waals surface area contributed by atoms with Crippen molar-refractivity contribution in [3.63, 3.8) is 0 Å². The van der Waals surface area contributed by atoms with Crippen LogP contribution in [0.1, 0.15) is 22.3 Å². The molecule has 0 atom stereocenters. The Hall–Kier alpha value is -1.75. The molecule has 1 aromatic carbocycles. The molecule has 1 aromatic rings. The highest BCUT2D eigenvalue weighted by Crippen LogP contribution is 2.26. The molecule has 0 aromatic heterocycles. The Morgan fingerprint density at radius 1 is 1.44 bits per heavy atom. The van der Waals surface area contributed by atoms with Crippen molar-refractivity contribution in [2.24, 2.45) is 0 Å². The second-order valence-electron chi connectivity index (χ2n) is 3.69. The molecule has 0 amide bonds. The lowest BCUT2D eigenvalue weighted by Gasteiger charge is -2.11. The highest BCUT2D eigenvalue weighted by Gasteiger charge is 2.11. The molecular weight excluding hydrogens is 258 g/mol. The summed E-state index contributed by atoms with van der Waals surface area (Å²) in [5.41, 5.74) is 1.71. The number of hydrogen-bond donors (Lipinski definition) is 2. The summed E-state index contributed by atoms with van der Waals surface area (Å²) in [4.78, 5) is 21.8. The molecular formula is C12H14ClNO4. The number of carbonyl (C=O) groups is 2. The average Bonchev–Trinajstić information content (AvgIpc) is 2.32. The molecule has 98 valence electrons. The van der Waals surface area contributed by atoms with Crippen LogP contribution < -0.4 is 5.32 Å². The Labute approximate surface area is 110 Å². The minimum absolute atomic E-state index is 0.0144. The molecule has 0 saturated carbocycles. The number of aliphatic carboxylic acids is 1. The third kappa shape index (κ3) is 3.63. The predicted octanol–water partition coefficient (Wildman–Crippen LogP) is 2.32. The van der Waals surface area contributed by atoms with E-state index in [0.29, 0.717) is 16.3 Å². The summed E-state index contributed by atoms with van der Waals surface area (Å²) in [6.07, 6.45) is -0.0144. The second-order valence-corrected chi connectivity index (χ2v) is 4.10. The number of benzene rings is 1. The highest BCUT2D eigenvalue weighted by atomic mass is 35.5. The fourth-order valence-corrected chi connectivity index (χ4v) is 1.62. The molecule has 6 heteroatoms. The Morgan fingerprint density at radius 3 is 2.67 bits per heavy atom. The summed E-state index contributed by atoms with van der Waals surface area (Å²) in [7, 11) is 1.29. The maximum absolute atomic E-state index is 11.4.